The van der Waals surface area contributed by atoms with Crippen molar-refractivity contribution in [3.05, 3.63) is 46.5 Å². The van der Waals surface area contributed by atoms with Crippen molar-refractivity contribution >= 4 is 23.2 Å². The Morgan fingerprint density at radius 3 is 2.80 bits per heavy atom. The Morgan fingerprint density at radius 2 is 2.13 bits per heavy atom. The van der Waals surface area contributed by atoms with E-state index in [1.807, 2.05) is 18.2 Å². The molecule has 2 N–H and O–H groups in total. The van der Waals surface area contributed by atoms with Crippen molar-refractivity contribution in [2.45, 2.75) is 25.3 Å². The van der Waals surface area contributed by atoms with Crippen molar-refractivity contribution in [2.75, 3.05) is 0 Å². The molecule has 0 aliphatic carbocycles. The van der Waals surface area contributed by atoms with Crippen LogP contribution in [0.4, 0.5) is 0 Å². The van der Waals surface area contributed by atoms with Crippen LogP contribution in [0.25, 0.3) is 0 Å². The number of rotatable bonds is 5. The molecule has 0 aliphatic rings. The lowest BCUT2D eigenvalue weighted by molar-refractivity contribution is 0.617. The van der Waals surface area contributed by atoms with Gasteiger partial charge >= 0.3 is 0 Å². The van der Waals surface area contributed by atoms with Gasteiger partial charge in [0.1, 0.15) is 0 Å². The van der Waals surface area contributed by atoms with E-state index >= 15 is 0 Å². The second-order valence-electron chi connectivity index (χ2n) is 3.47. The van der Waals surface area contributed by atoms with E-state index in [1.54, 1.807) is 6.07 Å². The van der Waals surface area contributed by atoms with Crippen LogP contribution in [-0.4, -0.2) is 0 Å². The van der Waals surface area contributed by atoms with Gasteiger partial charge in [-0.1, -0.05) is 41.4 Å². The molecule has 1 rings (SSSR count). The summed E-state index contributed by atoms with van der Waals surface area (Å²) < 4.78 is 0. The van der Waals surface area contributed by atoms with Crippen LogP contribution in [0.15, 0.2) is 30.9 Å². The molecule has 1 aromatic carbocycles. The van der Waals surface area contributed by atoms with Gasteiger partial charge in [0.25, 0.3) is 0 Å². The van der Waals surface area contributed by atoms with Crippen molar-refractivity contribution in [3.8, 4) is 0 Å². The molecule has 0 spiro atoms. The Balaban J connectivity index is 2.68. The number of halogens is 2. The molecule has 0 aromatic heterocycles. The second-order valence-corrected chi connectivity index (χ2v) is 4.25. The van der Waals surface area contributed by atoms with Gasteiger partial charge in [-0.2, -0.15) is 0 Å². The molecule has 0 fully saturated rings. The third kappa shape index (κ3) is 3.53. The molecule has 0 radical (unpaired) electrons. The average Bonchev–Trinajstić information content (AvgIpc) is 2.22. The third-order valence-corrected chi connectivity index (χ3v) is 3.14. The first kappa shape index (κ1) is 12.6. The quantitative estimate of drug-likeness (QED) is 0.604. The topological polar surface area (TPSA) is 26.0 Å². The Morgan fingerprint density at radius 1 is 1.40 bits per heavy atom. The summed E-state index contributed by atoms with van der Waals surface area (Å²) in [6, 6.07) is 5.52. The molecular weight excluding hydrogens is 229 g/mol. The molecule has 0 bridgehead atoms. The molecule has 0 amide bonds. The van der Waals surface area contributed by atoms with Gasteiger partial charge in [-0.3, -0.25) is 0 Å². The molecule has 0 aliphatic heterocycles. The molecule has 0 saturated heterocycles. The molecule has 1 nitrogen and oxygen atoms in total. The molecular formula is C12H15Cl2N. The highest BCUT2D eigenvalue weighted by Crippen LogP contribution is 2.30. The van der Waals surface area contributed by atoms with Gasteiger partial charge in [-0.15, -0.1) is 6.58 Å². The summed E-state index contributed by atoms with van der Waals surface area (Å²) in [7, 11) is 0. The summed E-state index contributed by atoms with van der Waals surface area (Å²) in [5.41, 5.74) is 6.95. The van der Waals surface area contributed by atoms with Crippen LogP contribution in [0.1, 0.15) is 30.9 Å². The lowest BCUT2D eigenvalue weighted by Crippen LogP contribution is -2.10. The Kier molecular flexibility index (Phi) is 5.16. The molecule has 3 heteroatoms. The zero-order chi connectivity index (χ0) is 11.3. The first-order valence-corrected chi connectivity index (χ1v) is 5.72. The fraction of sp³-hybridized carbons (Fsp3) is 0.333. The van der Waals surface area contributed by atoms with Gasteiger partial charge in [-0.05, 0) is 30.9 Å². The summed E-state index contributed by atoms with van der Waals surface area (Å²) in [4.78, 5) is 0. The minimum atomic E-state index is -0.0452. The van der Waals surface area contributed by atoms with E-state index in [2.05, 4.69) is 6.58 Å². The SMILES string of the molecule is C=CCCCC(N)c1cccc(Cl)c1Cl. The second kappa shape index (κ2) is 6.16. The highest BCUT2D eigenvalue weighted by molar-refractivity contribution is 6.42. The smallest absolute Gasteiger partial charge is 0.0639 e. The number of benzene rings is 1. The number of hydrogen-bond acceptors (Lipinski definition) is 1. The molecule has 1 aromatic rings. The molecule has 1 unspecified atom stereocenters. The van der Waals surface area contributed by atoms with E-state index in [0.29, 0.717) is 10.0 Å². The normalized spacial score (nSPS) is 12.5. The number of nitrogens with two attached hydrogens (primary N) is 1. The summed E-state index contributed by atoms with van der Waals surface area (Å²) >= 11 is 12.0. The molecule has 0 saturated carbocycles. The Labute approximate surface area is 101 Å². The van der Waals surface area contributed by atoms with E-state index in [-0.39, 0.29) is 6.04 Å². The maximum absolute atomic E-state index is 6.07. The maximum atomic E-state index is 6.07. The van der Waals surface area contributed by atoms with Gasteiger partial charge < -0.3 is 5.73 Å². The van der Waals surface area contributed by atoms with E-state index in [4.69, 9.17) is 28.9 Å². The van der Waals surface area contributed by atoms with Gasteiger partial charge in [0.2, 0.25) is 0 Å². The van der Waals surface area contributed by atoms with E-state index in [9.17, 15) is 0 Å². The number of allylic oxidation sites excluding steroid dienone is 1. The first-order chi connectivity index (χ1) is 7.16. The predicted octanol–water partition coefficient (Wildman–Crippen LogP) is 4.35. The minimum absolute atomic E-state index is 0.0452. The predicted molar refractivity (Wildman–Crippen MR) is 67.4 cm³/mol. The average molecular weight is 244 g/mol. The summed E-state index contributed by atoms with van der Waals surface area (Å²) in [5.74, 6) is 0. The monoisotopic (exact) mass is 243 g/mol. The van der Waals surface area contributed by atoms with Crippen molar-refractivity contribution in [1.82, 2.24) is 0 Å². The van der Waals surface area contributed by atoms with Crippen LogP contribution < -0.4 is 5.73 Å². The fourth-order valence-electron chi connectivity index (χ4n) is 1.44. The number of unbranched alkanes of at least 4 members (excludes halogenated alkanes) is 1. The highest BCUT2D eigenvalue weighted by atomic mass is 35.5. The van der Waals surface area contributed by atoms with Crippen LogP contribution in [0.2, 0.25) is 10.0 Å². The van der Waals surface area contributed by atoms with Crippen LogP contribution in [0, 0.1) is 0 Å². The zero-order valence-corrected chi connectivity index (χ0v) is 10.1. The Hall–Kier alpha value is -0.500. The van der Waals surface area contributed by atoms with Crippen LogP contribution in [0.5, 0.6) is 0 Å². The standard InChI is InChI=1S/C12H15Cl2N/c1-2-3-4-8-11(15)9-6-5-7-10(13)12(9)14/h2,5-7,11H,1,3-4,8,15H2. The molecule has 0 heterocycles. The van der Waals surface area contributed by atoms with Crippen LogP contribution in [-0.2, 0) is 0 Å². The summed E-state index contributed by atoms with van der Waals surface area (Å²) in [5, 5.41) is 1.14. The van der Waals surface area contributed by atoms with E-state index < -0.39 is 0 Å². The van der Waals surface area contributed by atoms with Crippen molar-refractivity contribution in [3.63, 3.8) is 0 Å². The van der Waals surface area contributed by atoms with Gasteiger partial charge in [-0.25, -0.2) is 0 Å². The third-order valence-electron chi connectivity index (χ3n) is 2.30. The first-order valence-electron chi connectivity index (χ1n) is 4.97. The molecule has 1 atom stereocenters. The maximum Gasteiger partial charge on any atom is 0.0639 e. The lowest BCUT2D eigenvalue weighted by atomic mass is 10.0. The minimum Gasteiger partial charge on any atom is -0.324 e. The van der Waals surface area contributed by atoms with Gasteiger partial charge in [0, 0.05) is 6.04 Å². The van der Waals surface area contributed by atoms with Gasteiger partial charge in [0.05, 0.1) is 10.0 Å². The van der Waals surface area contributed by atoms with Crippen LogP contribution >= 0.6 is 23.2 Å². The van der Waals surface area contributed by atoms with Crippen molar-refractivity contribution < 1.29 is 0 Å². The Bertz CT molecular complexity index is 336. The molecule has 15 heavy (non-hydrogen) atoms. The highest BCUT2D eigenvalue weighted by Gasteiger charge is 2.11. The molecule has 82 valence electrons. The van der Waals surface area contributed by atoms with Crippen LogP contribution in [0.3, 0.4) is 0 Å². The number of hydrogen-bond donors (Lipinski definition) is 1. The van der Waals surface area contributed by atoms with Crippen molar-refractivity contribution in [1.29, 1.82) is 0 Å². The lowest BCUT2D eigenvalue weighted by Gasteiger charge is -2.13. The van der Waals surface area contributed by atoms with Gasteiger partial charge in [0.15, 0.2) is 0 Å². The van der Waals surface area contributed by atoms with E-state index in [1.165, 1.54) is 0 Å². The largest absolute Gasteiger partial charge is 0.324 e. The summed E-state index contributed by atoms with van der Waals surface area (Å²) in [6.07, 6.45) is 4.79. The van der Waals surface area contributed by atoms with Crippen molar-refractivity contribution in [2.24, 2.45) is 5.73 Å². The summed E-state index contributed by atoms with van der Waals surface area (Å²) in [6.45, 7) is 3.67. The fourth-order valence-corrected chi connectivity index (χ4v) is 1.89. The zero-order valence-electron chi connectivity index (χ0n) is 8.55. The van der Waals surface area contributed by atoms with E-state index in [0.717, 1.165) is 24.8 Å².